The van der Waals surface area contributed by atoms with Crippen LogP contribution in [0, 0.1) is 5.92 Å². The van der Waals surface area contributed by atoms with Crippen LogP contribution in [0.2, 0.25) is 0 Å². The predicted octanol–water partition coefficient (Wildman–Crippen LogP) is 1.93. The van der Waals surface area contributed by atoms with Gasteiger partial charge in [0.25, 0.3) is 0 Å². The predicted molar refractivity (Wildman–Crippen MR) is 81.8 cm³/mol. The van der Waals surface area contributed by atoms with Crippen LogP contribution in [-0.4, -0.2) is 47.4 Å². The molecule has 0 spiro atoms. The van der Waals surface area contributed by atoms with E-state index in [0.29, 0.717) is 30.4 Å². The van der Waals surface area contributed by atoms with E-state index in [0.717, 1.165) is 32.5 Å². The normalized spacial score (nSPS) is 21.3. The van der Waals surface area contributed by atoms with Crippen molar-refractivity contribution in [3.8, 4) is 6.01 Å². The summed E-state index contributed by atoms with van der Waals surface area (Å²) in [6, 6.07) is 0.351. The van der Waals surface area contributed by atoms with E-state index < -0.39 is 0 Å². The molecule has 2 rings (SSSR count). The van der Waals surface area contributed by atoms with Crippen molar-refractivity contribution in [1.29, 1.82) is 0 Å². The lowest BCUT2D eigenvalue weighted by atomic mass is 10.0. The maximum atomic E-state index is 5.56. The molecule has 21 heavy (non-hydrogen) atoms. The molecule has 7 nitrogen and oxygen atoms in total. The van der Waals surface area contributed by atoms with E-state index in [1.165, 1.54) is 0 Å². The van der Waals surface area contributed by atoms with Gasteiger partial charge in [-0.1, -0.05) is 6.92 Å². The minimum Gasteiger partial charge on any atom is -0.464 e. The minimum atomic E-state index is 0.281. The number of nitrogens with zero attached hydrogens (tertiary/aromatic N) is 3. The zero-order valence-corrected chi connectivity index (χ0v) is 13.1. The van der Waals surface area contributed by atoms with Gasteiger partial charge in [-0.3, -0.25) is 0 Å². The summed E-state index contributed by atoms with van der Waals surface area (Å²) in [5, 5.41) is 6.43. The van der Waals surface area contributed by atoms with Crippen molar-refractivity contribution in [2.24, 2.45) is 5.92 Å². The molecule has 1 aliphatic heterocycles. The van der Waals surface area contributed by atoms with Crippen LogP contribution in [0.25, 0.3) is 0 Å². The Bertz CT molecular complexity index is 443. The molecule has 0 amide bonds. The van der Waals surface area contributed by atoms with Gasteiger partial charge in [-0.05, 0) is 26.7 Å². The first-order valence-corrected chi connectivity index (χ1v) is 7.71. The van der Waals surface area contributed by atoms with Crippen molar-refractivity contribution in [1.82, 2.24) is 15.0 Å². The molecular weight excluding hydrogens is 270 g/mol. The van der Waals surface area contributed by atoms with Gasteiger partial charge in [0.05, 0.1) is 12.7 Å². The van der Waals surface area contributed by atoms with E-state index in [4.69, 9.17) is 9.47 Å². The molecule has 0 aromatic carbocycles. The third-order valence-corrected chi connectivity index (χ3v) is 3.48. The van der Waals surface area contributed by atoms with E-state index in [9.17, 15) is 0 Å². The maximum Gasteiger partial charge on any atom is 0.323 e. The molecule has 0 aliphatic carbocycles. The summed E-state index contributed by atoms with van der Waals surface area (Å²) in [6.07, 6.45) is 2.36. The fraction of sp³-hybridized carbons (Fsp3) is 0.786. The Morgan fingerprint density at radius 3 is 2.57 bits per heavy atom. The average molecular weight is 295 g/mol. The average Bonchev–Trinajstić information content (AvgIpc) is 2.88. The van der Waals surface area contributed by atoms with Crippen LogP contribution in [0.5, 0.6) is 6.01 Å². The largest absolute Gasteiger partial charge is 0.464 e. The van der Waals surface area contributed by atoms with Crippen molar-refractivity contribution in [2.75, 3.05) is 36.9 Å². The summed E-state index contributed by atoms with van der Waals surface area (Å²) in [6.45, 7) is 9.09. The SMILES string of the molecule is CCCNc1nc(NCC2CCOC2C)nc(OCC)n1. The van der Waals surface area contributed by atoms with E-state index in [-0.39, 0.29) is 6.10 Å². The van der Waals surface area contributed by atoms with Crippen LogP contribution in [0.15, 0.2) is 0 Å². The molecular formula is C14H25N5O2. The van der Waals surface area contributed by atoms with Gasteiger partial charge in [0, 0.05) is 25.6 Å². The second-order valence-corrected chi connectivity index (χ2v) is 5.13. The quantitative estimate of drug-likeness (QED) is 0.758. The lowest BCUT2D eigenvalue weighted by molar-refractivity contribution is 0.108. The monoisotopic (exact) mass is 295 g/mol. The Morgan fingerprint density at radius 1 is 1.19 bits per heavy atom. The molecule has 2 atom stereocenters. The zero-order valence-electron chi connectivity index (χ0n) is 13.1. The second-order valence-electron chi connectivity index (χ2n) is 5.13. The van der Waals surface area contributed by atoms with E-state index in [2.05, 4.69) is 39.4 Å². The van der Waals surface area contributed by atoms with Gasteiger partial charge in [0.2, 0.25) is 11.9 Å². The number of nitrogens with one attached hydrogen (secondary N) is 2. The van der Waals surface area contributed by atoms with Crippen LogP contribution in [0.4, 0.5) is 11.9 Å². The van der Waals surface area contributed by atoms with Crippen molar-refractivity contribution >= 4 is 11.9 Å². The number of hydrogen-bond donors (Lipinski definition) is 2. The Kier molecular flexibility index (Phi) is 5.98. The molecule has 0 saturated carbocycles. The highest BCUT2D eigenvalue weighted by Gasteiger charge is 2.24. The number of ether oxygens (including phenoxy) is 2. The molecule has 0 radical (unpaired) electrons. The molecule has 1 aromatic heterocycles. The van der Waals surface area contributed by atoms with Crippen molar-refractivity contribution in [3.63, 3.8) is 0 Å². The van der Waals surface area contributed by atoms with Gasteiger partial charge in [0.1, 0.15) is 0 Å². The fourth-order valence-electron chi connectivity index (χ4n) is 2.21. The molecule has 2 heterocycles. The third-order valence-electron chi connectivity index (χ3n) is 3.48. The molecule has 1 fully saturated rings. The smallest absolute Gasteiger partial charge is 0.323 e. The highest BCUT2D eigenvalue weighted by atomic mass is 16.5. The van der Waals surface area contributed by atoms with Gasteiger partial charge in [0.15, 0.2) is 0 Å². The zero-order chi connectivity index (χ0) is 15.1. The summed E-state index contributed by atoms with van der Waals surface area (Å²) < 4.78 is 11.0. The summed E-state index contributed by atoms with van der Waals surface area (Å²) in [7, 11) is 0. The fourth-order valence-corrected chi connectivity index (χ4v) is 2.21. The van der Waals surface area contributed by atoms with Crippen LogP contribution < -0.4 is 15.4 Å². The molecule has 1 saturated heterocycles. The molecule has 2 N–H and O–H groups in total. The van der Waals surface area contributed by atoms with Crippen molar-refractivity contribution in [2.45, 2.75) is 39.7 Å². The second kappa shape index (κ2) is 7.97. The molecule has 1 aromatic rings. The van der Waals surface area contributed by atoms with Crippen LogP contribution in [-0.2, 0) is 4.74 Å². The molecule has 2 unspecified atom stereocenters. The van der Waals surface area contributed by atoms with Gasteiger partial charge in [-0.25, -0.2) is 0 Å². The minimum absolute atomic E-state index is 0.281. The number of rotatable bonds is 8. The van der Waals surface area contributed by atoms with E-state index in [1.807, 2.05) is 6.92 Å². The van der Waals surface area contributed by atoms with Crippen LogP contribution in [0.1, 0.15) is 33.6 Å². The molecule has 118 valence electrons. The Morgan fingerprint density at radius 2 is 1.95 bits per heavy atom. The molecule has 7 heteroatoms. The highest BCUT2D eigenvalue weighted by molar-refractivity contribution is 5.35. The van der Waals surface area contributed by atoms with Gasteiger partial charge >= 0.3 is 6.01 Å². The topological polar surface area (TPSA) is 81.2 Å². The van der Waals surface area contributed by atoms with E-state index >= 15 is 0 Å². The lowest BCUT2D eigenvalue weighted by Crippen LogP contribution is -2.22. The maximum absolute atomic E-state index is 5.56. The summed E-state index contributed by atoms with van der Waals surface area (Å²) in [5.41, 5.74) is 0. The van der Waals surface area contributed by atoms with Gasteiger partial charge in [-0.2, -0.15) is 15.0 Å². The Hall–Kier alpha value is -1.63. The lowest BCUT2D eigenvalue weighted by Gasteiger charge is -2.15. The van der Waals surface area contributed by atoms with Crippen molar-refractivity contribution < 1.29 is 9.47 Å². The third kappa shape index (κ3) is 4.70. The van der Waals surface area contributed by atoms with Crippen molar-refractivity contribution in [3.05, 3.63) is 0 Å². The molecule has 1 aliphatic rings. The summed E-state index contributed by atoms with van der Waals surface area (Å²) in [5.74, 6) is 1.59. The van der Waals surface area contributed by atoms with Crippen LogP contribution in [0.3, 0.4) is 0 Å². The Balaban J connectivity index is 2.00. The molecule has 0 bridgehead atoms. The summed E-state index contributed by atoms with van der Waals surface area (Å²) in [4.78, 5) is 12.9. The van der Waals surface area contributed by atoms with Gasteiger partial charge < -0.3 is 20.1 Å². The summed E-state index contributed by atoms with van der Waals surface area (Å²) >= 11 is 0. The van der Waals surface area contributed by atoms with Gasteiger partial charge in [-0.15, -0.1) is 0 Å². The number of hydrogen-bond acceptors (Lipinski definition) is 7. The van der Waals surface area contributed by atoms with E-state index in [1.54, 1.807) is 0 Å². The first kappa shape index (κ1) is 15.8. The first-order chi connectivity index (χ1) is 10.2. The number of anilines is 2. The van der Waals surface area contributed by atoms with Crippen LogP contribution >= 0.6 is 0 Å². The number of aromatic nitrogens is 3. The standard InChI is InChI=1S/C14H25N5O2/c1-4-7-15-12-17-13(19-14(18-12)20-5-2)16-9-11-6-8-21-10(11)3/h10-11H,4-9H2,1-3H3,(H2,15,16,17,18,19). The first-order valence-electron chi connectivity index (χ1n) is 7.71. The Labute approximate surface area is 125 Å². The highest BCUT2D eigenvalue weighted by Crippen LogP contribution is 2.21.